The Balaban J connectivity index is 2.83. The molecule has 1 fully saturated rings. The van der Waals surface area contributed by atoms with Crippen molar-refractivity contribution in [2.24, 2.45) is 5.41 Å². The van der Waals surface area contributed by atoms with Crippen molar-refractivity contribution in [1.29, 1.82) is 0 Å². The van der Waals surface area contributed by atoms with Crippen LogP contribution >= 0.6 is 0 Å². The number of hydrogen-bond donors (Lipinski definition) is 1. The van der Waals surface area contributed by atoms with E-state index in [4.69, 9.17) is 4.74 Å². The summed E-state index contributed by atoms with van der Waals surface area (Å²) in [5.74, 6) is -0.675. The molecule has 1 aliphatic rings. The average Bonchev–Trinajstić information content (AvgIpc) is 2.21. The van der Waals surface area contributed by atoms with Crippen LogP contribution in [0.5, 0.6) is 0 Å². The summed E-state index contributed by atoms with van der Waals surface area (Å²) in [6.07, 6.45) is 5.40. The van der Waals surface area contributed by atoms with Crippen molar-refractivity contribution in [2.75, 3.05) is 7.11 Å². The number of ether oxygens (including phenoxy) is 1. The van der Waals surface area contributed by atoms with Crippen molar-refractivity contribution in [3.63, 3.8) is 0 Å². The standard InChI is InChI=1S/C11H20O3/c1-3-9(14-2)11(10(12)13)7-5-4-6-8-11/h9H,3-8H2,1-2H3,(H,12,13). The van der Waals surface area contributed by atoms with Crippen LogP contribution in [0.3, 0.4) is 0 Å². The number of methoxy groups -OCH3 is 1. The van der Waals surface area contributed by atoms with Gasteiger partial charge in [-0.15, -0.1) is 0 Å². The monoisotopic (exact) mass is 200 g/mol. The number of hydrogen-bond acceptors (Lipinski definition) is 2. The summed E-state index contributed by atoms with van der Waals surface area (Å²) in [5, 5.41) is 9.34. The minimum absolute atomic E-state index is 0.125. The van der Waals surface area contributed by atoms with Gasteiger partial charge in [0.15, 0.2) is 0 Å². The van der Waals surface area contributed by atoms with E-state index in [0.717, 1.165) is 38.5 Å². The van der Waals surface area contributed by atoms with E-state index in [2.05, 4.69) is 0 Å². The third-order valence-electron chi connectivity index (χ3n) is 3.44. The second kappa shape index (κ2) is 4.78. The topological polar surface area (TPSA) is 46.5 Å². The Labute approximate surface area is 85.5 Å². The molecule has 1 aliphatic carbocycles. The van der Waals surface area contributed by atoms with Gasteiger partial charge in [0.25, 0.3) is 0 Å². The Morgan fingerprint density at radius 2 is 2.00 bits per heavy atom. The smallest absolute Gasteiger partial charge is 0.312 e. The molecule has 0 aromatic carbocycles. The van der Waals surface area contributed by atoms with Crippen LogP contribution in [0.4, 0.5) is 0 Å². The first-order valence-corrected chi connectivity index (χ1v) is 5.43. The highest BCUT2D eigenvalue weighted by atomic mass is 16.5. The molecular weight excluding hydrogens is 180 g/mol. The van der Waals surface area contributed by atoms with Gasteiger partial charge in [-0.05, 0) is 19.3 Å². The molecule has 1 N–H and O–H groups in total. The lowest BCUT2D eigenvalue weighted by Crippen LogP contribution is -2.44. The number of carboxylic acid groups (broad SMARTS) is 1. The zero-order valence-corrected chi connectivity index (χ0v) is 9.08. The van der Waals surface area contributed by atoms with Crippen molar-refractivity contribution in [2.45, 2.75) is 51.6 Å². The maximum atomic E-state index is 11.4. The van der Waals surface area contributed by atoms with Crippen LogP contribution in [-0.4, -0.2) is 24.3 Å². The van der Waals surface area contributed by atoms with Crippen molar-refractivity contribution in [3.8, 4) is 0 Å². The molecule has 0 heterocycles. The predicted molar refractivity (Wildman–Crippen MR) is 54.2 cm³/mol. The molecule has 0 aliphatic heterocycles. The molecule has 0 aromatic rings. The molecule has 0 amide bonds. The van der Waals surface area contributed by atoms with E-state index in [1.807, 2.05) is 6.92 Å². The van der Waals surface area contributed by atoms with E-state index in [-0.39, 0.29) is 6.10 Å². The van der Waals surface area contributed by atoms with Gasteiger partial charge in [-0.2, -0.15) is 0 Å². The van der Waals surface area contributed by atoms with E-state index in [9.17, 15) is 9.90 Å². The molecule has 3 nitrogen and oxygen atoms in total. The molecule has 0 radical (unpaired) electrons. The number of carboxylic acids is 1. The van der Waals surface area contributed by atoms with E-state index >= 15 is 0 Å². The van der Waals surface area contributed by atoms with E-state index < -0.39 is 11.4 Å². The largest absolute Gasteiger partial charge is 0.481 e. The van der Waals surface area contributed by atoms with E-state index in [1.165, 1.54) is 0 Å². The fourth-order valence-corrected chi connectivity index (χ4v) is 2.64. The SMILES string of the molecule is CCC(OC)C1(C(=O)O)CCCCC1. The highest BCUT2D eigenvalue weighted by Crippen LogP contribution is 2.41. The first-order chi connectivity index (χ1) is 6.67. The highest BCUT2D eigenvalue weighted by Gasteiger charge is 2.45. The normalized spacial score (nSPS) is 23.0. The average molecular weight is 200 g/mol. The molecule has 1 saturated carbocycles. The van der Waals surface area contributed by atoms with Crippen LogP contribution in [0.15, 0.2) is 0 Å². The molecule has 1 unspecified atom stereocenters. The number of aliphatic carboxylic acids is 1. The molecule has 1 atom stereocenters. The van der Waals surface area contributed by atoms with E-state index in [0.29, 0.717) is 0 Å². The van der Waals surface area contributed by atoms with Crippen molar-refractivity contribution in [3.05, 3.63) is 0 Å². The molecule has 1 rings (SSSR count). The second-order valence-electron chi connectivity index (χ2n) is 4.15. The summed E-state index contributed by atoms with van der Waals surface area (Å²) in [6.45, 7) is 1.99. The Kier molecular flexibility index (Phi) is 3.93. The Morgan fingerprint density at radius 3 is 2.36 bits per heavy atom. The molecule has 3 heteroatoms. The van der Waals surface area contributed by atoms with Gasteiger partial charge >= 0.3 is 5.97 Å². The summed E-state index contributed by atoms with van der Waals surface area (Å²) in [4.78, 5) is 11.4. The van der Waals surface area contributed by atoms with Gasteiger partial charge in [0.2, 0.25) is 0 Å². The summed E-state index contributed by atoms with van der Waals surface area (Å²) >= 11 is 0. The second-order valence-corrected chi connectivity index (χ2v) is 4.15. The summed E-state index contributed by atoms with van der Waals surface area (Å²) < 4.78 is 5.32. The minimum Gasteiger partial charge on any atom is -0.481 e. The number of carbonyl (C=O) groups is 1. The Hall–Kier alpha value is -0.570. The Bertz CT molecular complexity index is 191. The summed E-state index contributed by atoms with van der Waals surface area (Å²) in [7, 11) is 1.62. The van der Waals surface area contributed by atoms with Crippen LogP contribution in [0, 0.1) is 5.41 Å². The lowest BCUT2D eigenvalue weighted by Gasteiger charge is -2.38. The summed E-state index contributed by atoms with van der Waals surface area (Å²) in [6, 6.07) is 0. The van der Waals surface area contributed by atoms with Gasteiger partial charge in [-0.25, -0.2) is 0 Å². The molecule has 14 heavy (non-hydrogen) atoms. The van der Waals surface area contributed by atoms with Gasteiger partial charge in [0.05, 0.1) is 11.5 Å². The maximum Gasteiger partial charge on any atom is 0.312 e. The van der Waals surface area contributed by atoms with E-state index in [1.54, 1.807) is 7.11 Å². The van der Waals surface area contributed by atoms with Gasteiger partial charge in [0, 0.05) is 7.11 Å². The maximum absolute atomic E-state index is 11.4. The van der Waals surface area contributed by atoms with Crippen molar-refractivity contribution >= 4 is 5.97 Å². The fourth-order valence-electron chi connectivity index (χ4n) is 2.64. The lowest BCUT2D eigenvalue weighted by molar-refractivity contribution is -0.162. The zero-order chi connectivity index (χ0) is 10.6. The molecule has 0 spiro atoms. The van der Waals surface area contributed by atoms with Gasteiger partial charge in [-0.1, -0.05) is 26.2 Å². The highest BCUT2D eigenvalue weighted by molar-refractivity contribution is 5.75. The molecular formula is C11H20O3. The fraction of sp³-hybridized carbons (Fsp3) is 0.909. The van der Waals surface area contributed by atoms with Gasteiger partial charge < -0.3 is 9.84 Å². The third-order valence-corrected chi connectivity index (χ3v) is 3.44. The van der Waals surface area contributed by atoms with Crippen molar-refractivity contribution in [1.82, 2.24) is 0 Å². The molecule has 0 aromatic heterocycles. The van der Waals surface area contributed by atoms with Gasteiger partial charge in [0.1, 0.15) is 0 Å². The molecule has 0 saturated heterocycles. The predicted octanol–water partition coefficient (Wildman–Crippen LogP) is 2.45. The quantitative estimate of drug-likeness (QED) is 0.758. The van der Waals surface area contributed by atoms with Crippen LogP contribution in [-0.2, 0) is 9.53 Å². The third kappa shape index (κ3) is 1.92. The van der Waals surface area contributed by atoms with Gasteiger partial charge in [-0.3, -0.25) is 4.79 Å². The van der Waals surface area contributed by atoms with Crippen LogP contribution in [0.1, 0.15) is 45.4 Å². The first-order valence-electron chi connectivity index (χ1n) is 5.43. The number of rotatable bonds is 4. The lowest BCUT2D eigenvalue weighted by atomic mass is 9.69. The first kappa shape index (κ1) is 11.5. The minimum atomic E-state index is -0.675. The van der Waals surface area contributed by atoms with Crippen LogP contribution in [0.25, 0.3) is 0 Å². The van der Waals surface area contributed by atoms with Crippen LogP contribution < -0.4 is 0 Å². The zero-order valence-electron chi connectivity index (χ0n) is 9.08. The van der Waals surface area contributed by atoms with Crippen molar-refractivity contribution < 1.29 is 14.6 Å². The van der Waals surface area contributed by atoms with Crippen LogP contribution in [0.2, 0.25) is 0 Å². The molecule has 82 valence electrons. The molecule has 0 bridgehead atoms. The summed E-state index contributed by atoms with van der Waals surface area (Å²) in [5.41, 5.74) is -0.609. The Morgan fingerprint density at radius 1 is 1.43 bits per heavy atom.